The molecule has 0 unspecified atom stereocenters. The van der Waals surface area contributed by atoms with Crippen molar-refractivity contribution in [1.82, 2.24) is 15.0 Å². The van der Waals surface area contributed by atoms with Gasteiger partial charge in [-0.25, -0.2) is 4.98 Å². The first-order valence-electron chi connectivity index (χ1n) is 9.45. The molecule has 0 aliphatic heterocycles. The molecule has 2 aromatic rings. The highest BCUT2D eigenvalue weighted by atomic mass is 35.5. The summed E-state index contributed by atoms with van der Waals surface area (Å²) in [5.41, 5.74) is 8.35. The smallest absolute Gasteiger partial charge is 0.365 e. The molecule has 2 aromatic heterocycles. The highest BCUT2D eigenvalue weighted by Crippen LogP contribution is 2.35. The van der Waals surface area contributed by atoms with Gasteiger partial charge in [0, 0.05) is 12.1 Å². The number of aromatic amines is 1. The predicted octanol–water partition coefficient (Wildman–Crippen LogP) is 2.75. The van der Waals surface area contributed by atoms with Crippen molar-refractivity contribution in [3.05, 3.63) is 38.9 Å². The van der Waals surface area contributed by atoms with Crippen molar-refractivity contribution < 1.29 is 18.0 Å². The van der Waals surface area contributed by atoms with Crippen LogP contribution in [0.2, 0.25) is 5.15 Å². The second-order valence-electron chi connectivity index (χ2n) is 7.46. The lowest BCUT2D eigenvalue weighted by atomic mass is 9.82. The molecule has 0 bridgehead atoms. The lowest BCUT2D eigenvalue weighted by Gasteiger charge is -2.33. The van der Waals surface area contributed by atoms with Crippen LogP contribution < -0.4 is 27.7 Å². The van der Waals surface area contributed by atoms with Crippen molar-refractivity contribution in [2.75, 3.05) is 17.2 Å². The monoisotopic (exact) mass is 459 g/mol. The largest absolute Gasteiger partial charge is 0.419 e. The zero-order chi connectivity index (χ0) is 22.8. The average molecular weight is 460 g/mol. The molecule has 1 amide bonds. The molecule has 31 heavy (non-hydrogen) atoms. The van der Waals surface area contributed by atoms with E-state index in [0.717, 1.165) is 38.3 Å². The van der Waals surface area contributed by atoms with Crippen molar-refractivity contribution in [1.29, 1.82) is 0 Å². The van der Waals surface area contributed by atoms with Crippen molar-refractivity contribution in [2.45, 2.75) is 43.8 Å². The SMILES string of the molecule is NC(=O)c1c(Nc2cnc(Cl)c(C(F)(F)F)c2)nc(NCC2(N)CCCCC2)[nH]c1=O. The molecule has 0 spiro atoms. The third-order valence-electron chi connectivity index (χ3n) is 5.03. The van der Waals surface area contributed by atoms with Crippen LogP contribution in [-0.2, 0) is 6.18 Å². The van der Waals surface area contributed by atoms with Crippen LogP contribution in [0.5, 0.6) is 0 Å². The Morgan fingerprint density at radius 1 is 1.29 bits per heavy atom. The lowest BCUT2D eigenvalue weighted by Crippen LogP contribution is -2.48. The van der Waals surface area contributed by atoms with Gasteiger partial charge >= 0.3 is 6.18 Å². The van der Waals surface area contributed by atoms with Gasteiger partial charge in [-0.3, -0.25) is 14.6 Å². The number of hydrogen-bond acceptors (Lipinski definition) is 7. The molecule has 1 fully saturated rings. The second kappa shape index (κ2) is 8.71. The Hall–Kier alpha value is -2.86. The van der Waals surface area contributed by atoms with Gasteiger partial charge < -0.3 is 22.1 Å². The highest BCUT2D eigenvalue weighted by Gasteiger charge is 2.34. The fourth-order valence-corrected chi connectivity index (χ4v) is 3.63. The second-order valence-corrected chi connectivity index (χ2v) is 7.82. The summed E-state index contributed by atoms with van der Waals surface area (Å²) in [6.07, 6.45) is 0.926. The van der Waals surface area contributed by atoms with E-state index in [1.165, 1.54) is 0 Å². The summed E-state index contributed by atoms with van der Waals surface area (Å²) in [6.45, 7) is 0.312. The Morgan fingerprint density at radius 3 is 2.58 bits per heavy atom. The maximum Gasteiger partial charge on any atom is 0.419 e. The Labute approximate surface area is 179 Å². The summed E-state index contributed by atoms with van der Waals surface area (Å²) in [6, 6.07) is 0.687. The molecule has 7 N–H and O–H groups in total. The third-order valence-corrected chi connectivity index (χ3v) is 5.33. The fraction of sp³-hybridized carbons (Fsp3) is 0.444. The van der Waals surface area contributed by atoms with Gasteiger partial charge in [0.15, 0.2) is 5.82 Å². The topological polar surface area (TPSA) is 152 Å². The number of pyridine rings is 1. The summed E-state index contributed by atoms with van der Waals surface area (Å²) < 4.78 is 39.3. The Morgan fingerprint density at radius 2 is 1.97 bits per heavy atom. The summed E-state index contributed by atoms with van der Waals surface area (Å²) >= 11 is 5.52. The van der Waals surface area contributed by atoms with E-state index < -0.39 is 39.5 Å². The van der Waals surface area contributed by atoms with Crippen LogP contribution in [0.3, 0.4) is 0 Å². The number of rotatable bonds is 6. The average Bonchev–Trinajstić information content (AvgIpc) is 2.67. The van der Waals surface area contributed by atoms with E-state index in [4.69, 9.17) is 23.1 Å². The van der Waals surface area contributed by atoms with Crippen molar-refractivity contribution in [3.8, 4) is 0 Å². The van der Waals surface area contributed by atoms with E-state index in [2.05, 4.69) is 25.6 Å². The summed E-state index contributed by atoms with van der Waals surface area (Å²) in [5.74, 6) is -1.44. The van der Waals surface area contributed by atoms with Crippen LogP contribution in [0.4, 0.5) is 30.6 Å². The minimum absolute atomic E-state index is 0.00846. The van der Waals surface area contributed by atoms with Crippen LogP contribution in [0.1, 0.15) is 48.0 Å². The Kier molecular flexibility index (Phi) is 6.41. The molecule has 0 atom stereocenters. The molecule has 168 valence electrons. The third kappa shape index (κ3) is 5.44. The quantitative estimate of drug-likeness (QED) is 0.416. The first kappa shape index (κ1) is 22.8. The van der Waals surface area contributed by atoms with E-state index in [0.29, 0.717) is 12.6 Å². The van der Waals surface area contributed by atoms with Gasteiger partial charge in [-0.15, -0.1) is 0 Å². The van der Waals surface area contributed by atoms with Crippen molar-refractivity contribution >= 4 is 35.0 Å². The number of amides is 1. The normalized spacial score (nSPS) is 16.0. The first-order chi connectivity index (χ1) is 14.5. The van der Waals surface area contributed by atoms with Crippen LogP contribution in [0.25, 0.3) is 0 Å². The van der Waals surface area contributed by atoms with Crippen LogP contribution in [-0.4, -0.2) is 32.9 Å². The molecular formula is C18H21ClF3N7O2. The number of nitrogens with one attached hydrogen (secondary N) is 3. The zero-order valence-electron chi connectivity index (χ0n) is 16.3. The number of halogens is 4. The number of primary amides is 1. The van der Waals surface area contributed by atoms with E-state index in [-0.39, 0.29) is 17.5 Å². The number of nitrogens with zero attached hydrogens (tertiary/aromatic N) is 2. The van der Waals surface area contributed by atoms with Gasteiger partial charge in [0.05, 0.1) is 17.4 Å². The van der Waals surface area contributed by atoms with E-state index >= 15 is 0 Å². The number of hydrogen-bond donors (Lipinski definition) is 5. The zero-order valence-corrected chi connectivity index (χ0v) is 17.0. The molecule has 1 aliphatic carbocycles. The number of aromatic nitrogens is 3. The number of H-pyrrole nitrogens is 1. The molecule has 9 nitrogen and oxygen atoms in total. The molecular weight excluding hydrogens is 439 g/mol. The standard InChI is InChI=1S/C18H21ClF3N7O2/c19-12-10(18(20,21)22)6-9(7-25-12)27-14-11(13(23)30)15(31)29-16(28-14)26-8-17(24)4-2-1-3-5-17/h6-7H,1-5,8,24H2,(H2,23,30)(H3,26,27,28,29,31). The van der Waals surface area contributed by atoms with Gasteiger partial charge in [0.2, 0.25) is 5.95 Å². The molecule has 1 saturated carbocycles. The van der Waals surface area contributed by atoms with Crippen LogP contribution >= 0.6 is 11.6 Å². The van der Waals surface area contributed by atoms with E-state index in [1.54, 1.807) is 0 Å². The summed E-state index contributed by atoms with van der Waals surface area (Å²) in [5, 5.41) is 4.69. The van der Waals surface area contributed by atoms with E-state index in [1.807, 2.05) is 0 Å². The van der Waals surface area contributed by atoms with Crippen LogP contribution in [0.15, 0.2) is 17.1 Å². The highest BCUT2D eigenvalue weighted by molar-refractivity contribution is 6.30. The predicted molar refractivity (Wildman–Crippen MR) is 109 cm³/mol. The Balaban J connectivity index is 1.91. The molecule has 1 aliphatic rings. The summed E-state index contributed by atoms with van der Waals surface area (Å²) in [4.78, 5) is 34.1. The molecule has 0 radical (unpaired) electrons. The maximum atomic E-state index is 13.1. The van der Waals surface area contributed by atoms with Gasteiger partial charge in [0.1, 0.15) is 10.7 Å². The fourth-order valence-electron chi connectivity index (χ4n) is 3.42. The molecule has 2 heterocycles. The van der Waals surface area contributed by atoms with Gasteiger partial charge in [-0.1, -0.05) is 30.9 Å². The van der Waals surface area contributed by atoms with Crippen molar-refractivity contribution in [2.24, 2.45) is 11.5 Å². The number of carbonyl (C=O) groups is 1. The van der Waals surface area contributed by atoms with E-state index in [9.17, 15) is 22.8 Å². The number of carbonyl (C=O) groups excluding carboxylic acids is 1. The minimum Gasteiger partial charge on any atom is -0.365 e. The minimum atomic E-state index is -4.75. The van der Waals surface area contributed by atoms with Crippen molar-refractivity contribution in [3.63, 3.8) is 0 Å². The first-order valence-corrected chi connectivity index (χ1v) is 9.83. The molecule has 13 heteroatoms. The molecule has 0 saturated heterocycles. The number of anilines is 3. The molecule has 3 rings (SSSR count). The molecule has 0 aromatic carbocycles. The summed E-state index contributed by atoms with van der Waals surface area (Å²) in [7, 11) is 0. The van der Waals surface area contributed by atoms with Crippen LogP contribution in [0, 0.1) is 0 Å². The van der Waals surface area contributed by atoms with Gasteiger partial charge in [-0.05, 0) is 18.9 Å². The number of nitrogens with two attached hydrogens (primary N) is 2. The number of alkyl halides is 3. The Bertz CT molecular complexity index is 1040. The maximum absolute atomic E-state index is 13.1. The van der Waals surface area contributed by atoms with Gasteiger partial charge in [0.25, 0.3) is 11.5 Å². The van der Waals surface area contributed by atoms with Gasteiger partial charge in [-0.2, -0.15) is 18.2 Å². The lowest BCUT2D eigenvalue weighted by molar-refractivity contribution is -0.137.